The van der Waals surface area contributed by atoms with Gasteiger partial charge < -0.3 is 20.1 Å². The van der Waals surface area contributed by atoms with E-state index in [2.05, 4.69) is 0 Å². The first kappa shape index (κ1) is 13.2. The van der Waals surface area contributed by atoms with Crippen LogP contribution in [-0.4, -0.2) is 42.1 Å². The van der Waals surface area contributed by atoms with Crippen molar-refractivity contribution in [1.82, 2.24) is 4.90 Å². The van der Waals surface area contributed by atoms with Crippen LogP contribution in [0.4, 0.5) is 0 Å². The molecule has 2 atom stereocenters. The zero-order chi connectivity index (χ0) is 14.1. The highest BCUT2D eigenvalue weighted by Gasteiger charge is 2.36. The first-order valence-corrected chi connectivity index (χ1v) is 7.09. The third kappa shape index (κ3) is 2.72. The van der Waals surface area contributed by atoms with Crippen LogP contribution in [0.5, 0.6) is 11.5 Å². The van der Waals surface area contributed by atoms with Crippen LogP contribution in [0.1, 0.15) is 19.8 Å². The number of hydrogen-bond donors (Lipinski definition) is 1. The Morgan fingerprint density at radius 1 is 1.40 bits per heavy atom. The predicted octanol–water partition coefficient (Wildman–Crippen LogP) is 1.16. The van der Waals surface area contributed by atoms with Gasteiger partial charge in [-0.1, -0.05) is 12.1 Å². The van der Waals surface area contributed by atoms with E-state index in [9.17, 15) is 4.79 Å². The topological polar surface area (TPSA) is 64.8 Å². The lowest BCUT2D eigenvalue weighted by Gasteiger charge is -2.32. The zero-order valence-corrected chi connectivity index (χ0v) is 11.6. The number of nitrogens with two attached hydrogens (primary N) is 1. The van der Waals surface area contributed by atoms with Crippen LogP contribution in [-0.2, 0) is 4.79 Å². The molecule has 1 aliphatic carbocycles. The molecule has 1 aromatic rings. The summed E-state index contributed by atoms with van der Waals surface area (Å²) in [6.07, 6.45) is 1.99. The second kappa shape index (κ2) is 5.32. The second-order valence-electron chi connectivity index (χ2n) is 5.51. The van der Waals surface area contributed by atoms with E-state index in [1.54, 1.807) is 6.92 Å². The molecule has 1 fully saturated rings. The molecule has 1 saturated carbocycles. The van der Waals surface area contributed by atoms with Crippen molar-refractivity contribution < 1.29 is 14.3 Å². The lowest BCUT2D eigenvalue weighted by atomic mass is 10.2. The number of hydrogen-bond acceptors (Lipinski definition) is 4. The molecule has 0 radical (unpaired) electrons. The molecule has 1 amide bonds. The summed E-state index contributed by atoms with van der Waals surface area (Å²) in [6.45, 7) is 2.73. The summed E-state index contributed by atoms with van der Waals surface area (Å²) in [5, 5.41) is 0. The van der Waals surface area contributed by atoms with E-state index in [0.29, 0.717) is 19.2 Å². The average Bonchev–Trinajstić information content (AvgIpc) is 3.28. The molecule has 20 heavy (non-hydrogen) atoms. The SMILES string of the molecule is C[C@H](N)C(=O)N(CC1COc2ccccc2O1)C1CC1. The first-order chi connectivity index (χ1) is 9.65. The van der Waals surface area contributed by atoms with Gasteiger partial charge in [-0.05, 0) is 31.9 Å². The molecule has 108 valence electrons. The summed E-state index contributed by atoms with van der Waals surface area (Å²) in [5.74, 6) is 1.50. The zero-order valence-electron chi connectivity index (χ0n) is 11.6. The van der Waals surface area contributed by atoms with Crippen molar-refractivity contribution in [2.45, 2.75) is 38.0 Å². The van der Waals surface area contributed by atoms with Crippen molar-refractivity contribution in [2.75, 3.05) is 13.2 Å². The van der Waals surface area contributed by atoms with Crippen molar-refractivity contribution in [2.24, 2.45) is 5.73 Å². The predicted molar refractivity (Wildman–Crippen MR) is 74.7 cm³/mol. The summed E-state index contributed by atoms with van der Waals surface area (Å²) in [7, 11) is 0. The Morgan fingerprint density at radius 2 is 2.10 bits per heavy atom. The van der Waals surface area contributed by atoms with E-state index in [0.717, 1.165) is 24.3 Å². The van der Waals surface area contributed by atoms with Gasteiger partial charge in [-0.2, -0.15) is 0 Å². The Kier molecular flexibility index (Phi) is 3.53. The van der Waals surface area contributed by atoms with E-state index in [4.69, 9.17) is 15.2 Å². The lowest BCUT2D eigenvalue weighted by molar-refractivity contribution is -0.134. The molecule has 0 saturated heterocycles. The summed E-state index contributed by atoms with van der Waals surface area (Å²) >= 11 is 0. The minimum absolute atomic E-state index is 0.00467. The number of carbonyl (C=O) groups excluding carboxylic acids is 1. The van der Waals surface area contributed by atoms with E-state index in [1.165, 1.54) is 0 Å². The number of nitrogens with zero attached hydrogens (tertiary/aromatic N) is 1. The fraction of sp³-hybridized carbons (Fsp3) is 0.533. The molecule has 5 nitrogen and oxygen atoms in total. The summed E-state index contributed by atoms with van der Waals surface area (Å²) in [5.41, 5.74) is 5.72. The van der Waals surface area contributed by atoms with Crippen molar-refractivity contribution in [3.8, 4) is 11.5 Å². The van der Waals surface area contributed by atoms with Crippen molar-refractivity contribution in [1.29, 1.82) is 0 Å². The standard InChI is InChI=1S/C15H20N2O3/c1-10(16)15(18)17(11-6-7-11)8-12-9-19-13-4-2-3-5-14(13)20-12/h2-5,10-12H,6-9,16H2,1H3/t10-,12?/m0/s1. The third-order valence-electron chi connectivity index (χ3n) is 3.63. The Balaban J connectivity index is 1.67. The van der Waals surface area contributed by atoms with E-state index >= 15 is 0 Å². The molecule has 2 N–H and O–H groups in total. The maximum Gasteiger partial charge on any atom is 0.239 e. The Morgan fingerprint density at radius 3 is 2.75 bits per heavy atom. The number of amides is 1. The molecule has 0 aromatic heterocycles. The Hall–Kier alpha value is -1.75. The number of ether oxygens (including phenoxy) is 2. The molecule has 1 aliphatic heterocycles. The van der Waals surface area contributed by atoms with E-state index < -0.39 is 6.04 Å². The fourth-order valence-corrected chi connectivity index (χ4v) is 2.44. The van der Waals surface area contributed by atoms with Crippen LogP contribution < -0.4 is 15.2 Å². The smallest absolute Gasteiger partial charge is 0.239 e. The molecule has 0 spiro atoms. The van der Waals surface area contributed by atoms with Crippen molar-refractivity contribution >= 4 is 5.91 Å². The van der Waals surface area contributed by atoms with Gasteiger partial charge in [0.25, 0.3) is 0 Å². The Bertz CT molecular complexity index is 500. The fourth-order valence-electron chi connectivity index (χ4n) is 2.44. The first-order valence-electron chi connectivity index (χ1n) is 7.09. The van der Waals surface area contributed by atoms with Crippen LogP contribution in [0.15, 0.2) is 24.3 Å². The van der Waals surface area contributed by atoms with Gasteiger partial charge in [0.15, 0.2) is 17.6 Å². The summed E-state index contributed by atoms with van der Waals surface area (Å²) < 4.78 is 11.6. The van der Waals surface area contributed by atoms with Gasteiger partial charge in [0, 0.05) is 6.04 Å². The molecular formula is C15H20N2O3. The van der Waals surface area contributed by atoms with Crippen LogP contribution in [0.2, 0.25) is 0 Å². The highest BCUT2D eigenvalue weighted by molar-refractivity contribution is 5.81. The molecule has 5 heteroatoms. The molecule has 1 unspecified atom stereocenters. The van der Waals surface area contributed by atoms with Gasteiger partial charge in [0.1, 0.15) is 6.61 Å². The van der Waals surface area contributed by atoms with E-state index in [-0.39, 0.29) is 12.0 Å². The van der Waals surface area contributed by atoms with Gasteiger partial charge in [0.2, 0.25) is 5.91 Å². The second-order valence-corrected chi connectivity index (χ2v) is 5.51. The van der Waals surface area contributed by atoms with Gasteiger partial charge in [-0.25, -0.2) is 0 Å². The normalized spacial score (nSPS) is 22.2. The maximum absolute atomic E-state index is 12.1. The third-order valence-corrected chi connectivity index (χ3v) is 3.63. The number of fused-ring (bicyclic) bond motifs is 1. The van der Waals surface area contributed by atoms with Crippen LogP contribution in [0, 0.1) is 0 Å². The molecule has 2 aliphatic rings. The minimum Gasteiger partial charge on any atom is -0.486 e. The highest BCUT2D eigenvalue weighted by atomic mass is 16.6. The van der Waals surface area contributed by atoms with Crippen molar-refractivity contribution in [3.63, 3.8) is 0 Å². The Labute approximate surface area is 118 Å². The molecule has 3 rings (SSSR count). The van der Waals surface area contributed by atoms with Gasteiger partial charge in [-0.3, -0.25) is 4.79 Å². The summed E-state index contributed by atoms with van der Waals surface area (Å²) in [6, 6.07) is 7.46. The van der Waals surface area contributed by atoms with Crippen LogP contribution in [0.25, 0.3) is 0 Å². The molecule has 1 aromatic carbocycles. The maximum atomic E-state index is 12.1. The number of rotatable bonds is 4. The summed E-state index contributed by atoms with van der Waals surface area (Å²) in [4.78, 5) is 14.0. The quantitative estimate of drug-likeness (QED) is 0.896. The lowest BCUT2D eigenvalue weighted by Crippen LogP contribution is -2.49. The van der Waals surface area contributed by atoms with Gasteiger partial charge in [0.05, 0.1) is 12.6 Å². The highest BCUT2D eigenvalue weighted by Crippen LogP contribution is 2.33. The molecule has 1 heterocycles. The van der Waals surface area contributed by atoms with Crippen molar-refractivity contribution in [3.05, 3.63) is 24.3 Å². The number of benzene rings is 1. The monoisotopic (exact) mass is 276 g/mol. The van der Waals surface area contributed by atoms with E-state index in [1.807, 2.05) is 29.2 Å². The number of carbonyl (C=O) groups is 1. The minimum atomic E-state index is -0.465. The van der Waals surface area contributed by atoms with Gasteiger partial charge in [-0.15, -0.1) is 0 Å². The van der Waals surface area contributed by atoms with Crippen LogP contribution in [0.3, 0.4) is 0 Å². The molecule has 0 bridgehead atoms. The largest absolute Gasteiger partial charge is 0.486 e. The van der Waals surface area contributed by atoms with Crippen LogP contribution >= 0.6 is 0 Å². The average molecular weight is 276 g/mol. The van der Waals surface area contributed by atoms with Gasteiger partial charge >= 0.3 is 0 Å². The number of para-hydroxylation sites is 2. The molecular weight excluding hydrogens is 256 g/mol.